The summed E-state index contributed by atoms with van der Waals surface area (Å²) in [6.07, 6.45) is 1.72. The minimum atomic E-state index is -0.260. The Balaban J connectivity index is 2.10. The molecule has 0 fully saturated rings. The Hall–Kier alpha value is -1.75. The highest BCUT2D eigenvalue weighted by molar-refractivity contribution is 5.57. The fourth-order valence-electron chi connectivity index (χ4n) is 2.35. The van der Waals surface area contributed by atoms with E-state index in [1.165, 1.54) is 6.07 Å². The number of fused-ring (bicyclic) bond motifs is 1. The summed E-state index contributed by atoms with van der Waals surface area (Å²) in [5.41, 5.74) is 7.34. The molecule has 0 bridgehead atoms. The first-order valence-electron chi connectivity index (χ1n) is 6.09. The van der Waals surface area contributed by atoms with E-state index in [-0.39, 0.29) is 11.9 Å². The third-order valence-corrected chi connectivity index (χ3v) is 3.35. The summed E-state index contributed by atoms with van der Waals surface area (Å²) in [4.78, 5) is 0. The van der Waals surface area contributed by atoms with Gasteiger partial charge < -0.3 is 10.3 Å². The number of hydrogen-bond donors (Lipinski definition) is 1. The Morgan fingerprint density at radius 2 is 2.22 bits per heavy atom. The van der Waals surface area contributed by atoms with Crippen molar-refractivity contribution in [2.24, 2.45) is 5.73 Å². The largest absolute Gasteiger partial charge is 0.326 e. The third-order valence-electron chi connectivity index (χ3n) is 3.35. The molecule has 1 aromatic carbocycles. The second-order valence-corrected chi connectivity index (χ2v) is 4.83. The number of hydrogen-bond acceptors (Lipinski definition) is 3. The topological polar surface area (TPSA) is 56.7 Å². The van der Waals surface area contributed by atoms with Crippen molar-refractivity contribution in [1.82, 2.24) is 14.8 Å². The van der Waals surface area contributed by atoms with Crippen LogP contribution in [-0.4, -0.2) is 20.8 Å². The molecule has 0 saturated heterocycles. The van der Waals surface area contributed by atoms with Gasteiger partial charge in [-0.2, -0.15) is 0 Å². The van der Waals surface area contributed by atoms with E-state index in [1.54, 1.807) is 6.07 Å². The number of benzene rings is 1. The van der Waals surface area contributed by atoms with Crippen LogP contribution in [-0.2, 0) is 13.0 Å². The zero-order valence-corrected chi connectivity index (χ0v) is 10.2. The monoisotopic (exact) mass is 246 g/mol. The van der Waals surface area contributed by atoms with Gasteiger partial charge in [0.25, 0.3) is 0 Å². The zero-order chi connectivity index (χ0) is 12.7. The summed E-state index contributed by atoms with van der Waals surface area (Å²) < 4.78 is 15.9. The molecule has 1 aliphatic heterocycles. The van der Waals surface area contributed by atoms with E-state index in [9.17, 15) is 4.39 Å². The van der Waals surface area contributed by atoms with Crippen molar-refractivity contribution < 1.29 is 4.39 Å². The molecular weight excluding hydrogens is 231 g/mol. The van der Waals surface area contributed by atoms with Crippen molar-refractivity contribution >= 4 is 0 Å². The van der Waals surface area contributed by atoms with Gasteiger partial charge >= 0.3 is 0 Å². The van der Waals surface area contributed by atoms with Gasteiger partial charge in [-0.15, -0.1) is 10.2 Å². The van der Waals surface area contributed by atoms with E-state index in [4.69, 9.17) is 5.73 Å². The molecule has 0 saturated carbocycles. The summed E-state index contributed by atoms with van der Waals surface area (Å²) in [6.45, 7) is 2.52. The Morgan fingerprint density at radius 3 is 3.00 bits per heavy atom. The molecule has 0 spiro atoms. The minimum absolute atomic E-state index is 0.0979. The Labute approximate surface area is 105 Å². The quantitative estimate of drug-likeness (QED) is 0.832. The molecule has 1 aliphatic rings. The van der Waals surface area contributed by atoms with Crippen molar-refractivity contribution in [3.63, 3.8) is 0 Å². The van der Waals surface area contributed by atoms with Crippen molar-refractivity contribution in [2.75, 3.05) is 0 Å². The highest BCUT2D eigenvalue weighted by Crippen LogP contribution is 2.25. The number of nitrogens with zero attached hydrogens (tertiary/aromatic N) is 3. The predicted molar refractivity (Wildman–Crippen MR) is 66.4 cm³/mol. The van der Waals surface area contributed by atoms with E-state index in [0.717, 1.165) is 24.2 Å². The molecule has 0 radical (unpaired) electrons. The van der Waals surface area contributed by atoms with Crippen LogP contribution in [0.25, 0.3) is 11.4 Å². The highest BCUT2D eigenvalue weighted by atomic mass is 19.1. The first kappa shape index (κ1) is 11.3. The molecule has 2 aromatic rings. The van der Waals surface area contributed by atoms with Gasteiger partial charge in [-0.05, 0) is 31.0 Å². The van der Waals surface area contributed by atoms with Gasteiger partial charge in [-0.3, -0.25) is 0 Å². The van der Waals surface area contributed by atoms with Gasteiger partial charge in [-0.25, -0.2) is 4.39 Å². The maximum absolute atomic E-state index is 14.0. The second-order valence-electron chi connectivity index (χ2n) is 4.83. The van der Waals surface area contributed by atoms with Crippen LogP contribution in [0.5, 0.6) is 0 Å². The van der Waals surface area contributed by atoms with Crippen LogP contribution in [0, 0.1) is 12.7 Å². The van der Waals surface area contributed by atoms with Crippen LogP contribution < -0.4 is 5.73 Å². The van der Waals surface area contributed by atoms with Crippen LogP contribution in [0.15, 0.2) is 18.2 Å². The van der Waals surface area contributed by atoms with Crippen LogP contribution in [0.4, 0.5) is 4.39 Å². The summed E-state index contributed by atoms with van der Waals surface area (Å²) in [7, 11) is 0. The van der Waals surface area contributed by atoms with Crippen LogP contribution in [0.2, 0.25) is 0 Å². The van der Waals surface area contributed by atoms with E-state index < -0.39 is 0 Å². The van der Waals surface area contributed by atoms with Crippen molar-refractivity contribution in [1.29, 1.82) is 0 Å². The second kappa shape index (κ2) is 4.17. The molecule has 4 nitrogen and oxygen atoms in total. The van der Waals surface area contributed by atoms with Gasteiger partial charge in [0.2, 0.25) is 0 Å². The fraction of sp³-hybridized carbons (Fsp3) is 0.385. The lowest BCUT2D eigenvalue weighted by Gasteiger charge is -2.20. The van der Waals surface area contributed by atoms with Crippen LogP contribution in [0.3, 0.4) is 0 Å². The number of aromatic nitrogens is 3. The van der Waals surface area contributed by atoms with E-state index >= 15 is 0 Å². The average Bonchev–Trinajstić information content (AvgIpc) is 2.72. The Kier molecular flexibility index (Phi) is 2.63. The van der Waals surface area contributed by atoms with Crippen LogP contribution >= 0.6 is 0 Å². The molecule has 1 aromatic heterocycles. The molecule has 5 heteroatoms. The van der Waals surface area contributed by atoms with Crippen molar-refractivity contribution in [2.45, 2.75) is 32.4 Å². The molecule has 2 N–H and O–H groups in total. The number of halogens is 1. The lowest BCUT2D eigenvalue weighted by molar-refractivity contribution is 0.455. The molecule has 0 aliphatic carbocycles. The average molecular weight is 246 g/mol. The first-order valence-corrected chi connectivity index (χ1v) is 6.09. The molecular formula is C13H15FN4. The van der Waals surface area contributed by atoms with Crippen molar-refractivity contribution in [3.8, 4) is 11.4 Å². The van der Waals surface area contributed by atoms with Gasteiger partial charge in [0.1, 0.15) is 11.6 Å². The van der Waals surface area contributed by atoms with Gasteiger partial charge in [0.05, 0.1) is 5.56 Å². The van der Waals surface area contributed by atoms with Crippen molar-refractivity contribution in [3.05, 3.63) is 35.4 Å². The maximum atomic E-state index is 14.0. The molecule has 0 amide bonds. The molecule has 18 heavy (non-hydrogen) atoms. The summed E-state index contributed by atoms with van der Waals surface area (Å²) in [5.74, 6) is 1.22. The number of rotatable bonds is 1. The lowest BCUT2D eigenvalue weighted by atomic mass is 10.1. The third kappa shape index (κ3) is 1.80. The van der Waals surface area contributed by atoms with E-state index in [0.29, 0.717) is 17.9 Å². The smallest absolute Gasteiger partial charge is 0.166 e. The van der Waals surface area contributed by atoms with Gasteiger partial charge in [0.15, 0.2) is 5.82 Å². The molecule has 94 valence electrons. The van der Waals surface area contributed by atoms with E-state index in [1.807, 2.05) is 17.6 Å². The fourth-order valence-corrected chi connectivity index (χ4v) is 2.35. The standard InChI is InChI=1S/C13H15FN4/c1-8-2-4-10(11(14)6-8)13-17-16-12-5-3-9(15)7-18(12)13/h2,4,6,9H,3,5,7,15H2,1H3. The highest BCUT2D eigenvalue weighted by Gasteiger charge is 2.22. The summed E-state index contributed by atoms with van der Waals surface area (Å²) >= 11 is 0. The van der Waals surface area contributed by atoms with Gasteiger partial charge in [0, 0.05) is 19.0 Å². The first-order chi connectivity index (χ1) is 8.65. The zero-order valence-electron chi connectivity index (χ0n) is 10.2. The van der Waals surface area contributed by atoms with Gasteiger partial charge in [-0.1, -0.05) is 6.07 Å². The Bertz CT molecular complexity index is 591. The molecule has 2 heterocycles. The Morgan fingerprint density at radius 1 is 1.39 bits per heavy atom. The molecule has 3 rings (SSSR count). The molecule has 1 unspecified atom stereocenters. The SMILES string of the molecule is Cc1ccc(-c2nnc3n2CC(N)CC3)c(F)c1. The minimum Gasteiger partial charge on any atom is -0.326 e. The normalized spacial score (nSPS) is 18.7. The summed E-state index contributed by atoms with van der Waals surface area (Å²) in [6, 6.07) is 5.24. The summed E-state index contributed by atoms with van der Waals surface area (Å²) in [5, 5.41) is 8.23. The number of nitrogens with two attached hydrogens (primary N) is 1. The van der Waals surface area contributed by atoms with E-state index in [2.05, 4.69) is 10.2 Å². The van der Waals surface area contributed by atoms with Crippen LogP contribution in [0.1, 0.15) is 17.8 Å². The predicted octanol–water partition coefficient (Wildman–Crippen LogP) is 1.67. The lowest BCUT2D eigenvalue weighted by Crippen LogP contribution is -2.32. The maximum Gasteiger partial charge on any atom is 0.166 e. The molecule has 1 atom stereocenters. The number of aryl methyl sites for hydroxylation is 2.